The maximum Gasteiger partial charge on any atom is 0.416 e. The first-order valence-electron chi connectivity index (χ1n) is 11.8. The smallest absolute Gasteiger partial charge is 0.392 e. The molecule has 11 heteroatoms. The fourth-order valence-corrected chi connectivity index (χ4v) is 5.39. The summed E-state index contributed by atoms with van der Waals surface area (Å²) in [5.74, 6) is 0.263. The van der Waals surface area contributed by atoms with E-state index in [1.165, 1.54) is 32.0 Å². The van der Waals surface area contributed by atoms with Gasteiger partial charge in [0, 0.05) is 29.6 Å². The van der Waals surface area contributed by atoms with Crippen molar-refractivity contribution in [1.29, 1.82) is 0 Å². The van der Waals surface area contributed by atoms with E-state index in [0.717, 1.165) is 12.3 Å². The van der Waals surface area contributed by atoms with Crippen molar-refractivity contribution in [3.05, 3.63) is 100 Å². The minimum absolute atomic E-state index is 0.0280. The number of hydrogen-bond donors (Lipinski definition) is 2. The molecule has 1 aromatic heterocycles. The van der Waals surface area contributed by atoms with Gasteiger partial charge in [0.2, 0.25) is 0 Å². The molecule has 0 saturated carbocycles. The van der Waals surface area contributed by atoms with E-state index in [1.807, 2.05) is 0 Å². The average molecular weight is 579 g/mol. The number of aliphatic hydroxyl groups excluding tert-OH is 1. The van der Waals surface area contributed by atoms with E-state index >= 15 is 0 Å². The highest BCUT2D eigenvalue weighted by molar-refractivity contribution is 7.90. The molecule has 0 fully saturated rings. The van der Waals surface area contributed by atoms with Crippen LogP contribution in [-0.2, 0) is 34.6 Å². The predicted molar refractivity (Wildman–Crippen MR) is 143 cm³/mol. The molecule has 0 spiro atoms. The summed E-state index contributed by atoms with van der Waals surface area (Å²) in [5, 5.41) is 20.2. The van der Waals surface area contributed by atoms with Gasteiger partial charge in [-0.15, -0.1) is 0 Å². The average Bonchev–Trinajstić information content (AvgIpc) is 3.27. The van der Waals surface area contributed by atoms with Crippen LogP contribution < -0.4 is 0 Å². The van der Waals surface area contributed by atoms with Crippen LogP contribution >= 0.6 is 11.6 Å². The molecule has 0 unspecified atom stereocenters. The van der Waals surface area contributed by atoms with E-state index in [1.54, 1.807) is 47.2 Å². The van der Waals surface area contributed by atoms with Crippen molar-refractivity contribution in [3.8, 4) is 16.8 Å². The molecule has 4 rings (SSSR count). The summed E-state index contributed by atoms with van der Waals surface area (Å²) in [6, 6.07) is 15.0. The Balaban J connectivity index is 1.78. The number of aromatic nitrogens is 2. The van der Waals surface area contributed by atoms with Crippen LogP contribution in [0.3, 0.4) is 0 Å². The number of nitrogens with zero attached hydrogens (tertiary/aromatic N) is 2. The molecule has 0 aliphatic heterocycles. The second-order valence-corrected chi connectivity index (χ2v) is 12.2. The summed E-state index contributed by atoms with van der Waals surface area (Å²) >= 11 is 6.02. The van der Waals surface area contributed by atoms with Crippen molar-refractivity contribution in [3.63, 3.8) is 0 Å². The Morgan fingerprint density at radius 1 is 0.949 bits per heavy atom. The highest BCUT2D eigenvalue weighted by Gasteiger charge is 2.34. The molecule has 1 heterocycles. The third kappa shape index (κ3) is 6.36. The zero-order valence-corrected chi connectivity index (χ0v) is 22.9. The minimum atomic E-state index is -4.59. The summed E-state index contributed by atoms with van der Waals surface area (Å²) in [6.07, 6.45) is -2.15. The summed E-state index contributed by atoms with van der Waals surface area (Å²) in [7, 11) is -3.58. The van der Waals surface area contributed by atoms with E-state index in [-0.39, 0.29) is 33.4 Å². The molecule has 4 aromatic rings. The second-order valence-electron chi connectivity index (χ2n) is 9.75. The van der Waals surface area contributed by atoms with Gasteiger partial charge < -0.3 is 14.8 Å². The third-order valence-corrected chi connectivity index (χ3v) is 7.66. The van der Waals surface area contributed by atoms with Crippen molar-refractivity contribution in [2.75, 3.05) is 6.26 Å². The van der Waals surface area contributed by atoms with Gasteiger partial charge in [-0.1, -0.05) is 35.9 Å². The third-order valence-electron chi connectivity index (χ3n) is 6.24. The van der Waals surface area contributed by atoms with E-state index in [0.29, 0.717) is 22.4 Å². The Hall–Kier alpha value is -3.18. The normalized spacial score (nSPS) is 12.6. The Labute approximate surface area is 229 Å². The zero-order chi connectivity index (χ0) is 28.8. The molecule has 0 radical (unpaired) electrons. The van der Waals surface area contributed by atoms with Crippen LogP contribution in [-0.4, -0.2) is 34.4 Å². The number of halogens is 4. The first kappa shape index (κ1) is 28.8. The van der Waals surface area contributed by atoms with Crippen LogP contribution in [0.2, 0.25) is 5.02 Å². The van der Waals surface area contributed by atoms with Gasteiger partial charge in [0.05, 0.1) is 22.8 Å². The molecule has 0 bridgehead atoms. The summed E-state index contributed by atoms with van der Waals surface area (Å²) in [4.78, 5) is 4.48. The monoisotopic (exact) mass is 578 g/mol. The van der Waals surface area contributed by atoms with Crippen LogP contribution in [0, 0.1) is 0 Å². The standard InChI is InChI=1S/C28H26ClF3N2O4S/c1-27(2,36)25-15-34(26(33-25)14-20-12-21(29)8-11-23(20)28(30,31)32)22-9-6-17(7-10-22)18-4-5-19(16-35)24(13-18)39(3,37)38/h4-13,15,35-36H,14,16H2,1-3H3. The molecule has 0 aliphatic carbocycles. The maximum atomic E-state index is 13.7. The minimum Gasteiger partial charge on any atom is -0.392 e. The lowest BCUT2D eigenvalue weighted by atomic mass is 10.0. The number of benzene rings is 3. The highest BCUT2D eigenvalue weighted by atomic mass is 35.5. The van der Waals surface area contributed by atoms with Crippen LogP contribution in [0.25, 0.3) is 16.8 Å². The van der Waals surface area contributed by atoms with E-state index in [9.17, 15) is 31.8 Å². The lowest BCUT2D eigenvalue weighted by Crippen LogP contribution is -2.16. The Kier molecular flexibility index (Phi) is 7.70. The Morgan fingerprint density at radius 2 is 1.59 bits per heavy atom. The number of alkyl halides is 3. The van der Waals surface area contributed by atoms with E-state index < -0.39 is 33.8 Å². The van der Waals surface area contributed by atoms with Gasteiger partial charge in [-0.2, -0.15) is 13.2 Å². The van der Waals surface area contributed by atoms with Gasteiger partial charge in [-0.25, -0.2) is 13.4 Å². The van der Waals surface area contributed by atoms with E-state index in [4.69, 9.17) is 11.6 Å². The number of imidazole rings is 1. The zero-order valence-electron chi connectivity index (χ0n) is 21.3. The number of rotatable bonds is 7. The van der Waals surface area contributed by atoms with Gasteiger partial charge in [-0.05, 0) is 72.5 Å². The molecule has 6 nitrogen and oxygen atoms in total. The lowest BCUT2D eigenvalue weighted by molar-refractivity contribution is -0.138. The maximum absolute atomic E-state index is 13.7. The van der Waals surface area contributed by atoms with E-state index in [2.05, 4.69) is 4.98 Å². The van der Waals surface area contributed by atoms with Crippen molar-refractivity contribution in [1.82, 2.24) is 9.55 Å². The van der Waals surface area contributed by atoms with Crippen molar-refractivity contribution in [2.45, 2.75) is 43.5 Å². The van der Waals surface area contributed by atoms with Crippen LogP contribution in [0.15, 0.2) is 71.8 Å². The molecule has 0 aliphatic rings. The number of hydrogen-bond acceptors (Lipinski definition) is 5. The topological polar surface area (TPSA) is 92.4 Å². The first-order chi connectivity index (χ1) is 18.1. The quantitative estimate of drug-likeness (QED) is 0.284. The fourth-order valence-electron chi connectivity index (χ4n) is 4.24. The SMILES string of the molecule is CC(C)(O)c1cn(-c2ccc(-c3ccc(CO)c(S(C)(=O)=O)c3)cc2)c(Cc2cc(Cl)ccc2C(F)(F)F)n1. The Morgan fingerprint density at radius 3 is 2.15 bits per heavy atom. The lowest BCUT2D eigenvalue weighted by Gasteiger charge is -2.14. The van der Waals surface area contributed by atoms with Gasteiger partial charge in [0.25, 0.3) is 0 Å². The van der Waals surface area contributed by atoms with Crippen molar-refractivity contribution < 1.29 is 31.8 Å². The van der Waals surface area contributed by atoms with Gasteiger partial charge >= 0.3 is 6.18 Å². The molecule has 0 atom stereocenters. The highest BCUT2D eigenvalue weighted by Crippen LogP contribution is 2.35. The Bertz CT molecular complexity index is 1620. The van der Waals surface area contributed by atoms with Crippen molar-refractivity contribution >= 4 is 21.4 Å². The first-order valence-corrected chi connectivity index (χ1v) is 14.1. The van der Waals surface area contributed by atoms with Crippen LogP contribution in [0.5, 0.6) is 0 Å². The molecule has 0 saturated heterocycles. The molecular formula is C28H26ClF3N2O4S. The fraction of sp³-hybridized carbons (Fsp3) is 0.250. The van der Waals surface area contributed by atoms with Crippen LogP contribution in [0.1, 0.15) is 42.1 Å². The molecule has 2 N–H and O–H groups in total. The molecular weight excluding hydrogens is 553 g/mol. The molecule has 0 amide bonds. The van der Waals surface area contributed by atoms with Gasteiger partial charge in [0.15, 0.2) is 9.84 Å². The van der Waals surface area contributed by atoms with Crippen LogP contribution in [0.4, 0.5) is 13.2 Å². The number of sulfone groups is 1. The van der Waals surface area contributed by atoms with Gasteiger partial charge in [0.1, 0.15) is 11.4 Å². The number of aliphatic hydroxyl groups is 2. The summed E-state index contributed by atoms with van der Waals surface area (Å²) < 4.78 is 67.1. The summed E-state index contributed by atoms with van der Waals surface area (Å²) in [6.45, 7) is 2.64. The summed E-state index contributed by atoms with van der Waals surface area (Å²) in [5.41, 5.74) is 0.198. The molecule has 3 aromatic carbocycles. The molecule has 206 valence electrons. The van der Waals surface area contributed by atoms with Gasteiger partial charge in [-0.3, -0.25) is 0 Å². The molecule has 39 heavy (non-hydrogen) atoms. The largest absolute Gasteiger partial charge is 0.416 e. The predicted octanol–water partition coefficient (Wildman–Crippen LogP) is 5.93. The van der Waals surface area contributed by atoms with Crippen molar-refractivity contribution in [2.24, 2.45) is 0 Å². The second kappa shape index (κ2) is 10.4.